The molecule has 2 aromatic rings. The number of carbonyl (C=O) groups excluding carboxylic acids is 1. The van der Waals surface area contributed by atoms with Crippen molar-refractivity contribution in [1.29, 1.82) is 0 Å². The van der Waals surface area contributed by atoms with Crippen molar-refractivity contribution in [1.82, 2.24) is 15.1 Å². The minimum absolute atomic E-state index is 0.100. The maximum absolute atomic E-state index is 12.6. The Morgan fingerprint density at radius 2 is 1.74 bits per heavy atom. The molecular weight excluding hydrogens is 338 g/mol. The van der Waals surface area contributed by atoms with E-state index in [0.29, 0.717) is 5.92 Å². The normalized spacial score (nSPS) is 16.3. The summed E-state index contributed by atoms with van der Waals surface area (Å²) in [6.07, 6.45) is 6.56. The van der Waals surface area contributed by atoms with Crippen LogP contribution in [0.3, 0.4) is 0 Å². The van der Waals surface area contributed by atoms with E-state index in [1.54, 1.807) is 7.05 Å². The Bertz CT molecular complexity index is 833. The summed E-state index contributed by atoms with van der Waals surface area (Å²) in [6.45, 7) is 4.18. The number of hydrogen-bond acceptors (Lipinski definition) is 3. The molecule has 0 radical (unpaired) electrons. The van der Waals surface area contributed by atoms with E-state index in [1.165, 1.54) is 54.5 Å². The van der Waals surface area contributed by atoms with Gasteiger partial charge < -0.3 is 5.32 Å². The smallest absolute Gasteiger partial charge is 0.272 e. The zero-order valence-corrected chi connectivity index (χ0v) is 16.4. The maximum Gasteiger partial charge on any atom is 0.272 e. The number of aromatic nitrogens is 2. The van der Waals surface area contributed by atoms with Crippen molar-refractivity contribution in [3.8, 4) is 0 Å². The molecule has 1 aromatic heterocycles. The van der Waals surface area contributed by atoms with Crippen LogP contribution in [0.5, 0.6) is 0 Å². The summed E-state index contributed by atoms with van der Waals surface area (Å²) in [4.78, 5) is 24.1. The lowest BCUT2D eigenvalue weighted by Crippen LogP contribution is -2.33. The molecule has 144 valence electrons. The third-order valence-electron chi connectivity index (χ3n) is 5.52. The van der Waals surface area contributed by atoms with Crippen LogP contribution >= 0.6 is 0 Å². The quantitative estimate of drug-likeness (QED) is 0.870. The van der Waals surface area contributed by atoms with E-state index in [-0.39, 0.29) is 29.1 Å². The Morgan fingerprint density at radius 1 is 1.07 bits per heavy atom. The van der Waals surface area contributed by atoms with E-state index >= 15 is 0 Å². The molecule has 1 aromatic carbocycles. The topological polar surface area (TPSA) is 64.0 Å². The average Bonchev–Trinajstić information content (AvgIpc) is 2.68. The fourth-order valence-electron chi connectivity index (χ4n) is 3.88. The number of hydrogen-bond donors (Lipinski definition) is 1. The molecule has 1 unspecified atom stereocenters. The number of benzene rings is 1. The van der Waals surface area contributed by atoms with Gasteiger partial charge in [-0.1, -0.05) is 57.4 Å². The van der Waals surface area contributed by atoms with Crippen molar-refractivity contribution in [3.05, 3.63) is 63.6 Å². The summed E-state index contributed by atoms with van der Waals surface area (Å²) in [7, 11) is 1.54. The second kappa shape index (κ2) is 8.51. The van der Waals surface area contributed by atoms with Gasteiger partial charge in [0, 0.05) is 13.1 Å². The van der Waals surface area contributed by atoms with Crippen LogP contribution in [-0.2, 0) is 7.05 Å². The van der Waals surface area contributed by atoms with E-state index in [1.807, 2.05) is 0 Å². The predicted octanol–water partition coefficient (Wildman–Crippen LogP) is 3.96. The lowest BCUT2D eigenvalue weighted by Gasteiger charge is -2.25. The first-order valence-electron chi connectivity index (χ1n) is 9.91. The minimum Gasteiger partial charge on any atom is -0.344 e. The molecule has 1 N–H and O–H groups in total. The van der Waals surface area contributed by atoms with Crippen molar-refractivity contribution in [2.24, 2.45) is 13.0 Å². The summed E-state index contributed by atoms with van der Waals surface area (Å²) < 4.78 is 1.18. The van der Waals surface area contributed by atoms with E-state index < -0.39 is 0 Å². The summed E-state index contributed by atoms with van der Waals surface area (Å²) in [6, 6.07) is 11.5. The van der Waals surface area contributed by atoms with Gasteiger partial charge in [0.1, 0.15) is 5.69 Å². The second-order valence-corrected chi connectivity index (χ2v) is 7.88. The number of carbonyl (C=O) groups is 1. The average molecular weight is 367 g/mol. The minimum atomic E-state index is -0.263. The molecule has 0 bridgehead atoms. The number of aryl methyl sites for hydroxylation is 1. The third-order valence-corrected chi connectivity index (χ3v) is 5.52. The molecular formula is C22H29N3O2. The van der Waals surface area contributed by atoms with Crippen LogP contribution in [0.1, 0.15) is 79.5 Å². The maximum atomic E-state index is 12.6. The summed E-state index contributed by atoms with van der Waals surface area (Å²) in [5.74, 6) is 0.650. The van der Waals surface area contributed by atoms with Crippen LogP contribution in [0.15, 0.2) is 41.2 Å². The van der Waals surface area contributed by atoms with Gasteiger partial charge in [0.2, 0.25) is 0 Å². The molecule has 1 fully saturated rings. The molecule has 1 saturated carbocycles. The zero-order chi connectivity index (χ0) is 19.4. The standard InChI is InChI=1S/C22H29N3O2/c1-15(2)21(23-22(27)19-13-14-20(26)25(3)24-19)18-11-9-17(10-12-18)16-7-5-4-6-8-16/h9-16,21H,4-8H2,1-3H3,(H,23,27). The lowest BCUT2D eigenvalue weighted by molar-refractivity contribution is 0.0918. The zero-order valence-electron chi connectivity index (χ0n) is 16.4. The Morgan fingerprint density at radius 3 is 2.33 bits per heavy atom. The monoisotopic (exact) mass is 367 g/mol. The largest absolute Gasteiger partial charge is 0.344 e. The van der Waals surface area contributed by atoms with E-state index in [4.69, 9.17) is 0 Å². The van der Waals surface area contributed by atoms with Crippen molar-refractivity contribution >= 4 is 5.91 Å². The van der Waals surface area contributed by atoms with Crippen LogP contribution in [0.4, 0.5) is 0 Å². The molecule has 27 heavy (non-hydrogen) atoms. The number of amides is 1. The Hall–Kier alpha value is -2.43. The van der Waals surface area contributed by atoms with E-state index in [9.17, 15) is 9.59 Å². The van der Waals surface area contributed by atoms with Gasteiger partial charge in [-0.25, -0.2) is 4.68 Å². The van der Waals surface area contributed by atoms with E-state index in [2.05, 4.69) is 48.5 Å². The van der Waals surface area contributed by atoms with Crippen LogP contribution in [-0.4, -0.2) is 15.7 Å². The van der Waals surface area contributed by atoms with Gasteiger partial charge in [-0.05, 0) is 41.9 Å². The third kappa shape index (κ3) is 4.65. The SMILES string of the molecule is CC(C)C(NC(=O)c1ccc(=O)n(C)n1)c1ccc(C2CCCCC2)cc1. The van der Waals surface area contributed by atoms with Gasteiger partial charge >= 0.3 is 0 Å². The molecule has 0 aliphatic heterocycles. The molecule has 0 spiro atoms. The highest BCUT2D eigenvalue weighted by Gasteiger charge is 2.21. The highest BCUT2D eigenvalue weighted by atomic mass is 16.2. The van der Waals surface area contributed by atoms with Crippen LogP contribution in [0.2, 0.25) is 0 Å². The Labute approximate surface area is 160 Å². The molecule has 1 aliphatic carbocycles. The Kier molecular flexibility index (Phi) is 6.09. The molecule has 0 saturated heterocycles. The van der Waals surface area contributed by atoms with Gasteiger partial charge in [-0.2, -0.15) is 5.10 Å². The lowest BCUT2D eigenvalue weighted by atomic mass is 9.83. The molecule has 1 aliphatic rings. The van der Waals surface area contributed by atoms with Crippen molar-refractivity contribution < 1.29 is 4.79 Å². The van der Waals surface area contributed by atoms with Gasteiger partial charge in [0.05, 0.1) is 6.04 Å². The van der Waals surface area contributed by atoms with Crippen LogP contribution in [0.25, 0.3) is 0 Å². The van der Waals surface area contributed by atoms with Crippen molar-refractivity contribution in [3.63, 3.8) is 0 Å². The van der Waals surface area contributed by atoms with E-state index in [0.717, 1.165) is 5.56 Å². The van der Waals surface area contributed by atoms with Gasteiger partial charge in [-0.15, -0.1) is 0 Å². The summed E-state index contributed by atoms with van der Waals surface area (Å²) >= 11 is 0. The molecule has 1 atom stereocenters. The van der Waals surface area contributed by atoms with Gasteiger partial charge in [0.15, 0.2) is 0 Å². The molecule has 1 heterocycles. The number of rotatable bonds is 5. The second-order valence-electron chi connectivity index (χ2n) is 7.88. The van der Waals surface area contributed by atoms with Crippen LogP contribution < -0.4 is 10.9 Å². The fourth-order valence-corrected chi connectivity index (χ4v) is 3.88. The fraction of sp³-hybridized carbons (Fsp3) is 0.500. The molecule has 5 nitrogen and oxygen atoms in total. The van der Waals surface area contributed by atoms with Crippen LogP contribution in [0, 0.1) is 5.92 Å². The van der Waals surface area contributed by atoms with Gasteiger partial charge in [0.25, 0.3) is 11.5 Å². The highest BCUT2D eigenvalue weighted by Crippen LogP contribution is 2.33. The first kappa shape index (κ1) is 19.3. The molecule has 3 rings (SSSR count). The predicted molar refractivity (Wildman–Crippen MR) is 107 cm³/mol. The number of nitrogens with one attached hydrogen (secondary N) is 1. The first-order valence-corrected chi connectivity index (χ1v) is 9.91. The summed E-state index contributed by atoms with van der Waals surface area (Å²) in [5, 5.41) is 7.12. The number of nitrogens with zero attached hydrogens (tertiary/aromatic N) is 2. The Balaban J connectivity index is 1.75. The van der Waals surface area contributed by atoms with Crippen molar-refractivity contribution in [2.75, 3.05) is 0 Å². The highest BCUT2D eigenvalue weighted by molar-refractivity contribution is 5.92. The molecule has 1 amide bonds. The summed E-state index contributed by atoms with van der Waals surface area (Å²) in [5.41, 5.74) is 2.53. The molecule has 5 heteroatoms. The first-order chi connectivity index (χ1) is 13.0. The van der Waals surface area contributed by atoms with Gasteiger partial charge in [-0.3, -0.25) is 9.59 Å². The van der Waals surface area contributed by atoms with Crippen molar-refractivity contribution in [2.45, 2.75) is 57.9 Å².